The first-order chi connectivity index (χ1) is 18.5. The van der Waals surface area contributed by atoms with Gasteiger partial charge in [0, 0.05) is 48.0 Å². The molecule has 2 aromatic rings. The number of alkyl carbamates (subject to hydrolysis) is 1. The van der Waals surface area contributed by atoms with Gasteiger partial charge in [0.25, 0.3) is 5.91 Å². The van der Waals surface area contributed by atoms with Crippen LogP contribution in [0.3, 0.4) is 0 Å². The topological polar surface area (TPSA) is 139 Å². The molecule has 2 rings (SSSR count). The number of hydrogen-bond donors (Lipinski definition) is 5. The molecule has 208 valence electrons. The third-order valence-electron chi connectivity index (χ3n) is 4.84. The standard InChI is InChI=1S/C29H38N6O4/c1-7-17-38-24-12-11-20(2)25(19-24)34-21(3)13-14-32-27(30)35-23-10-8-9-22(18-23)26(36)31-15-16-33-28(37)39-29(4,5)6/h7-14,18-19,34H,1,3,15-17H2,2,4-6H3,(H,31,36)(H,33,37)(H3,30,32,35)/b14-13-. The van der Waals surface area contributed by atoms with Gasteiger partial charge in [0.1, 0.15) is 18.0 Å². The van der Waals surface area contributed by atoms with Gasteiger partial charge in [0.05, 0.1) is 0 Å². The summed E-state index contributed by atoms with van der Waals surface area (Å²) >= 11 is 0. The Balaban J connectivity index is 1.86. The number of aliphatic imine (C=N–C) groups is 1. The van der Waals surface area contributed by atoms with E-state index in [1.165, 1.54) is 6.20 Å². The molecule has 0 fully saturated rings. The lowest BCUT2D eigenvalue weighted by molar-refractivity contribution is 0.0526. The van der Waals surface area contributed by atoms with Crippen LogP contribution in [-0.2, 0) is 4.74 Å². The van der Waals surface area contributed by atoms with Gasteiger partial charge in [-0.3, -0.25) is 4.79 Å². The maximum atomic E-state index is 12.5. The van der Waals surface area contributed by atoms with Gasteiger partial charge in [0.2, 0.25) is 0 Å². The summed E-state index contributed by atoms with van der Waals surface area (Å²) in [6.07, 6.45) is 4.34. The number of benzene rings is 2. The van der Waals surface area contributed by atoms with E-state index in [1.807, 2.05) is 25.1 Å². The molecule has 10 heteroatoms. The maximum absolute atomic E-state index is 12.5. The van der Waals surface area contributed by atoms with Gasteiger partial charge in [-0.15, -0.1) is 0 Å². The van der Waals surface area contributed by atoms with E-state index in [2.05, 4.69) is 39.4 Å². The van der Waals surface area contributed by atoms with Crippen molar-refractivity contribution >= 4 is 29.3 Å². The monoisotopic (exact) mass is 534 g/mol. The zero-order chi connectivity index (χ0) is 28.8. The Kier molecular flexibility index (Phi) is 11.6. The van der Waals surface area contributed by atoms with Gasteiger partial charge in [-0.25, -0.2) is 9.79 Å². The summed E-state index contributed by atoms with van der Waals surface area (Å²) in [6, 6.07) is 12.5. The van der Waals surface area contributed by atoms with E-state index in [1.54, 1.807) is 57.2 Å². The van der Waals surface area contributed by atoms with Gasteiger partial charge in [-0.2, -0.15) is 0 Å². The number of ether oxygens (including phenoxy) is 2. The van der Waals surface area contributed by atoms with Gasteiger partial charge < -0.3 is 36.5 Å². The summed E-state index contributed by atoms with van der Waals surface area (Å²) < 4.78 is 10.7. The fourth-order valence-corrected chi connectivity index (χ4v) is 3.08. The Labute approximate surface area is 230 Å². The number of allylic oxidation sites excluding steroid dienone is 1. The lowest BCUT2D eigenvalue weighted by Gasteiger charge is -2.19. The maximum Gasteiger partial charge on any atom is 0.407 e. The molecule has 6 N–H and O–H groups in total. The van der Waals surface area contributed by atoms with Crippen LogP contribution in [0.15, 0.2) is 84.7 Å². The van der Waals surface area contributed by atoms with Crippen LogP contribution in [0.2, 0.25) is 0 Å². The highest BCUT2D eigenvalue weighted by Gasteiger charge is 2.15. The number of amides is 2. The number of guanidine groups is 1. The molecule has 0 atom stereocenters. The lowest BCUT2D eigenvalue weighted by atomic mass is 10.2. The van der Waals surface area contributed by atoms with Crippen molar-refractivity contribution in [1.29, 1.82) is 0 Å². The SMILES string of the molecule is C=CCOc1ccc(C)c(NC(=C)/C=C\N=C(/N)Nc2cccc(C(=O)NCCNC(=O)OC(C)(C)C)c2)c1. The minimum atomic E-state index is -0.584. The average Bonchev–Trinajstić information content (AvgIpc) is 2.86. The first kappa shape index (κ1) is 30.5. The summed E-state index contributed by atoms with van der Waals surface area (Å²) in [4.78, 5) is 28.3. The predicted molar refractivity (Wildman–Crippen MR) is 157 cm³/mol. The summed E-state index contributed by atoms with van der Waals surface area (Å²) in [6.45, 7) is 15.9. The van der Waals surface area contributed by atoms with Crippen molar-refractivity contribution in [3.8, 4) is 5.75 Å². The number of carbonyl (C=O) groups is 2. The van der Waals surface area contributed by atoms with Crippen LogP contribution in [0.1, 0.15) is 36.7 Å². The van der Waals surface area contributed by atoms with Crippen molar-refractivity contribution in [3.05, 3.63) is 90.8 Å². The summed E-state index contributed by atoms with van der Waals surface area (Å²) in [5.41, 5.74) is 8.92. The van der Waals surface area contributed by atoms with Gasteiger partial charge >= 0.3 is 6.09 Å². The number of carbonyl (C=O) groups excluding carboxylic acids is 2. The minimum absolute atomic E-state index is 0.133. The van der Waals surface area contributed by atoms with E-state index < -0.39 is 11.7 Å². The van der Waals surface area contributed by atoms with E-state index in [0.29, 0.717) is 23.6 Å². The highest BCUT2D eigenvalue weighted by molar-refractivity contribution is 5.97. The summed E-state index contributed by atoms with van der Waals surface area (Å²) in [7, 11) is 0. The van der Waals surface area contributed by atoms with E-state index >= 15 is 0 Å². The molecule has 0 spiro atoms. The minimum Gasteiger partial charge on any atom is -0.489 e. The highest BCUT2D eigenvalue weighted by atomic mass is 16.6. The number of nitrogens with one attached hydrogen (secondary N) is 4. The van der Waals surface area contributed by atoms with E-state index in [4.69, 9.17) is 15.2 Å². The third-order valence-corrected chi connectivity index (χ3v) is 4.84. The van der Waals surface area contributed by atoms with Crippen molar-refractivity contribution in [2.45, 2.75) is 33.3 Å². The average molecular weight is 535 g/mol. The molecule has 10 nitrogen and oxygen atoms in total. The molecule has 0 aliphatic carbocycles. The second-order valence-electron chi connectivity index (χ2n) is 9.45. The van der Waals surface area contributed by atoms with Gasteiger partial charge in [0.15, 0.2) is 5.96 Å². The first-order valence-electron chi connectivity index (χ1n) is 12.4. The van der Waals surface area contributed by atoms with Crippen LogP contribution in [0.5, 0.6) is 5.75 Å². The largest absolute Gasteiger partial charge is 0.489 e. The molecule has 2 aromatic carbocycles. The molecule has 0 aliphatic heterocycles. The van der Waals surface area contributed by atoms with Gasteiger partial charge in [-0.1, -0.05) is 31.4 Å². The van der Waals surface area contributed by atoms with Crippen LogP contribution < -0.4 is 31.7 Å². The van der Waals surface area contributed by atoms with Crippen LogP contribution >= 0.6 is 0 Å². The zero-order valence-electron chi connectivity index (χ0n) is 23.0. The van der Waals surface area contributed by atoms with Crippen molar-refractivity contribution in [2.24, 2.45) is 10.7 Å². The zero-order valence-corrected chi connectivity index (χ0v) is 23.0. The molecule has 39 heavy (non-hydrogen) atoms. The third kappa shape index (κ3) is 11.9. The number of anilines is 2. The molecule has 0 bridgehead atoms. The Morgan fingerprint density at radius 3 is 2.54 bits per heavy atom. The molecule has 0 unspecified atom stereocenters. The van der Waals surface area contributed by atoms with E-state index in [9.17, 15) is 9.59 Å². The second kappa shape index (κ2) is 14.9. The second-order valence-corrected chi connectivity index (χ2v) is 9.45. The van der Waals surface area contributed by atoms with E-state index in [0.717, 1.165) is 17.0 Å². The quantitative estimate of drug-likeness (QED) is 0.0876. The summed E-state index contributed by atoms with van der Waals surface area (Å²) in [5.74, 6) is 0.561. The molecular weight excluding hydrogens is 496 g/mol. The molecule has 0 radical (unpaired) electrons. The van der Waals surface area contributed by atoms with Crippen LogP contribution in [0.25, 0.3) is 0 Å². The fraction of sp³-hybridized carbons (Fsp3) is 0.276. The van der Waals surface area contributed by atoms with Crippen molar-refractivity contribution in [1.82, 2.24) is 10.6 Å². The number of rotatable bonds is 12. The first-order valence-corrected chi connectivity index (χ1v) is 12.4. The molecule has 0 aromatic heterocycles. The normalized spacial score (nSPS) is 11.4. The highest BCUT2D eigenvalue weighted by Crippen LogP contribution is 2.23. The molecule has 2 amide bonds. The van der Waals surface area contributed by atoms with Crippen LogP contribution in [0.4, 0.5) is 16.2 Å². The molecule has 0 heterocycles. The Morgan fingerprint density at radius 2 is 1.82 bits per heavy atom. The lowest BCUT2D eigenvalue weighted by Crippen LogP contribution is -2.37. The molecule has 0 saturated heterocycles. The number of aryl methyl sites for hydroxylation is 1. The van der Waals surface area contributed by atoms with Crippen molar-refractivity contribution in [2.75, 3.05) is 30.3 Å². The number of nitrogens with two attached hydrogens (primary N) is 1. The van der Waals surface area contributed by atoms with E-state index in [-0.39, 0.29) is 25.0 Å². The van der Waals surface area contributed by atoms with Crippen molar-refractivity contribution in [3.63, 3.8) is 0 Å². The van der Waals surface area contributed by atoms with Crippen molar-refractivity contribution < 1.29 is 19.1 Å². The summed E-state index contributed by atoms with van der Waals surface area (Å²) in [5, 5.41) is 11.5. The Morgan fingerprint density at radius 1 is 1.08 bits per heavy atom. The van der Waals surface area contributed by atoms with Gasteiger partial charge in [-0.05, 0) is 63.6 Å². The smallest absolute Gasteiger partial charge is 0.407 e. The van der Waals surface area contributed by atoms with Crippen LogP contribution in [-0.4, -0.2) is 43.3 Å². The predicted octanol–water partition coefficient (Wildman–Crippen LogP) is 4.68. The molecule has 0 saturated carbocycles. The Bertz CT molecular complexity index is 1230. The fourth-order valence-electron chi connectivity index (χ4n) is 3.08. The number of nitrogens with zero attached hydrogens (tertiary/aromatic N) is 1. The molecular formula is C29H38N6O4. The Hall–Kier alpha value is -4.73. The number of hydrogen-bond acceptors (Lipinski definition) is 6. The molecule has 0 aliphatic rings. The van der Waals surface area contributed by atoms with Crippen LogP contribution in [0, 0.1) is 6.92 Å².